The van der Waals surface area contributed by atoms with E-state index in [2.05, 4.69) is 37.2 Å². The monoisotopic (exact) mass is 434 g/mol. The second-order valence-electron chi connectivity index (χ2n) is 5.12. The van der Waals surface area contributed by atoms with Gasteiger partial charge in [0.2, 0.25) is 5.55 Å². The van der Waals surface area contributed by atoms with Gasteiger partial charge in [-0.1, -0.05) is 33.6 Å². The quantitative estimate of drug-likeness (QED) is 0.594. The molecular weight excluding hydrogens is 424 g/mol. The van der Waals surface area contributed by atoms with Crippen LogP contribution in [0.4, 0.5) is 5.69 Å². The average Bonchev–Trinajstić information content (AvgIpc) is 2.50. The first-order valence-electron chi connectivity index (χ1n) is 6.79. The Hall–Kier alpha value is -1.92. The third-order valence-electron chi connectivity index (χ3n) is 3.34. The number of anilines is 1. The van der Waals surface area contributed by atoms with Gasteiger partial charge in [0.1, 0.15) is 5.56 Å². The van der Waals surface area contributed by atoms with Crippen LogP contribution in [0.15, 0.2) is 55.8 Å². The lowest BCUT2D eigenvalue weighted by Gasteiger charge is -2.07. The van der Waals surface area contributed by atoms with Gasteiger partial charge in [-0.2, -0.15) is 0 Å². The highest BCUT2D eigenvalue weighted by Gasteiger charge is 2.13. The highest BCUT2D eigenvalue weighted by Crippen LogP contribution is 2.28. The van der Waals surface area contributed by atoms with Gasteiger partial charge >= 0.3 is 0 Å². The molecule has 6 heteroatoms. The Kier molecular flexibility index (Phi) is 4.37. The maximum absolute atomic E-state index is 12.4. The number of benzene rings is 2. The molecule has 0 unspecified atom stereocenters. The lowest BCUT2D eigenvalue weighted by Crippen LogP contribution is -2.20. The van der Waals surface area contributed by atoms with Crippen molar-refractivity contribution in [3.05, 3.63) is 68.1 Å². The van der Waals surface area contributed by atoms with Crippen molar-refractivity contribution in [2.24, 2.45) is 0 Å². The number of carbonyl (C=O) groups excluding carboxylic acids is 1. The molecule has 2 N–H and O–H groups in total. The van der Waals surface area contributed by atoms with Gasteiger partial charge in [0.05, 0.1) is 4.47 Å². The molecule has 0 radical (unpaired) electrons. The fourth-order valence-electron chi connectivity index (χ4n) is 2.18. The van der Waals surface area contributed by atoms with E-state index in [1.54, 1.807) is 6.07 Å². The first-order chi connectivity index (χ1) is 10.9. The molecule has 116 valence electrons. The van der Waals surface area contributed by atoms with Crippen molar-refractivity contribution < 1.29 is 9.21 Å². The van der Waals surface area contributed by atoms with Gasteiger partial charge in [0, 0.05) is 15.5 Å². The van der Waals surface area contributed by atoms with Crippen molar-refractivity contribution in [1.82, 2.24) is 0 Å². The Bertz CT molecular complexity index is 963. The first kappa shape index (κ1) is 16.0. The number of hydrogen-bond donors (Lipinski definition) is 2. The number of rotatable bonds is 2. The SMILES string of the molecule is Cc1ccc(NC(=O)c2cc3cc(Br)cc(Br)c3oc2=N)cc1. The van der Waals surface area contributed by atoms with Gasteiger partial charge in [-0.25, -0.2) is 0 Å². The summed E-state index contributed by atoms with van der Waals surface area (Å²) in [6, 6.07) is 12.8. The van der Waals surface area contributed by atoms with Gasteiger partial charge in [0.25, 0.3) is 5.91 Å². The molecule has 0 aliphatic carbocycles. The Labute approximate surface area is 149 Å². The Morgan fingerprint density at radius 1 is 1.13 bits per heavy atom. The number of carbonyl (C=O) groups is 1. The Balaban J connectivity index is 2.01. The van der Waals surface area contributed by atoms with Crippen LogP contribution >= 0.6 is 31.9 Å². The predicted molar refractivity (Wildman–Crippen MR) is 96.6 cm³/mol. The highest BCUT2D eigenvalue weighted by molar-refractivity contribution is 9.11. The van der Waals surface area contributed by atoms with Gasteiger partial charge < -0.3 is 9.73 Å². The number of nitrogens with one attached hydrogen (secondary N) is 2. The molecule has 0 fully saturated rings. The average molecular weight is 436 g/mol. The summed E-state index contributed by atoms with van der Waals surface area (Å²) in [6.07, 6.45) is 0. The zero-order valence-corrected chi connectivity index (χ0v) is 15.3. The van der Waals surface area contributed by atoms with E-state index in [4.69, 9.17) is 9.83 Å². The molecule has 3 aromatic rings. The van der Waals surface area contributed by atoms with Crippen LogP contribution in [0.2, 0.25) is 0 Å². The van der Waals surface area contributed by atoms with Crippen molar-refractivity contribution in [3.8, 4) is 0 Å². The van der Waals surface area contributed by atoms with Crippen molar-refractivity contribution in [2.45, 2.75) is 6.92 Å². The van der Waals surface area contributed by atoms with Crippen molar-refractivity contribution in [3.63, 3.8) is 0 Å². The van der Waals surface area contributed by atoms with Crippen LogP contribution in [0.3, 0.4) is 0 Å². The van der Waals surface area contributed by atoms with Crippen LogP contribution in [-0.2, 0) is 0 Å². The molecule has 0 aliphatic rings. The van der Waals surface area contributed by atoms with Crippen molar-refractivity contribution in [1.29, 1.82) is 5.41 Å². The molecule has 0 saturated heterocycles. The maximum Gasteiger partial charge on any atom is 0.261 e. The summed E-state index contributed by atoms with van der Waals surface area (Å²) >= 11 is 6.80. The highest BCUT2D eigenvalue weighted by atomic mass is 79.9. The zero-order valence-electron chi connectivity index (χ0n) is 12.1. The number of halogens is 2. The molecule has 0 aliphatic heterocycles. The number of amides is 1. The molecular formula is C17H12Br2N2O2. The summed E-state index contributed by atoms with van der Waals surface area (Å²) in [5, 5.41) is 11.5. The first-order valence-corrected chi connectivity index (χ1v) is 8.38. The molecule has 1 amide bonds. The third-order valence-corrected chi connectivity index (χ3v) is 4.39. The predicted octanol–water partition coefficient (Wildman–Crippen LogP) is 5.00. The maximum atomic E-state index is 12.4. The van der Waals surface area contributed by atoms with Crippen LogP contribution in [0.5, 0.6) is 0 Å². The minimum Gasteiger partial charge on any atom is -0.437 e. The topological polar surface area (TPSA) is 66.1 Å². The summed E-state index contributed by atoms with van der Waals surface area (Å²) in [7, 11) is 0. The molecule has 0 bridgehead atoms. The normalized spacial score (nSPS) is 10.7. The molecule has 1 aromatic heterocycles. The number of hydrogen-bond acceptors (Lipinski definition) is 3. The molecule has 23 heavy (non-hydrogen) atoms. The van der Waals surface area contributed by atoms with Crippen molar-refractivity contribution in [2.75, 3.05) is 5.32 Å². The lowest BCUT2D eigenvalue weighted by molar-refractivity contribution is 0.102. The number of fused-ring (bicyclic) bond motifs is 1. The summed E-state index contributed by atoms with van der Waals surface area (Å²) in [6.45, 7) is 1.98. The van der Waals surface area contributed by atoms with Crippen LogP contribution in [-0.4, -0.2) is 5.91 Å². The zero-order chi connectivity index (χ0) is 16.6. The van der Waals surface area contributed by atoms with Gasteiger partial charge in [-0.3, -0.25) is 10.2 Å². The molecule has 1 heterocycles. The van der Waals surface area contributed by atoms with E-state index in [0.717, 1.165) is 19.9 Å². The lowest BCUT2D eigenvalue weighted by atomic mass is 10.1. The van der Waals surface area contributed by atoms with E-state index in [0.29, 0.717) is 11.3 Å². The smallest absolute Gasteiger partial charge is 0.261 e. The molecule has 3 rings (SSSR count). The van der Waals surface area contributed by atoms with E-state index in [9.17, 15) is 4.79 Å². The summed E-state index contributed by atoms with van der Waals surface area (Å²) in [4.78, 5) is 12.4. The van der Waals surface area contributed by atoms with Gasteiger partial charge in [-0.05, 0) is 53.2 Å². The largest absolute Gasteiger partial charge is 0.437 e. The number of aryl methyl sites for hydroxylation is 1. The fraction of sp³-hybridized carbons (Fsp3) is 0.0588. The summed E-state index contributed by atoms with van der Waals surface area (Å²) in [5.74, 6) is -0.374. The van der Waals surface area contributed by atoms with Crippen LogP contribution in [0.25, 0.3) is 11.0 Å². The fourth-order valence-corrected chi connectivity index (χ4v) is 3.52. The van der Waals surface area contributed by atoms with Crippen LogP contribution in [0.1, 0.15) is 15.9 Å². The van der Waals surface area contributed by atoms with Crippen LogP contribution in [0, 0.1) is 12.3 Å². The van der Waals surface area contributed by atoms with Gasteiger partial charge in [0.15, 0.2) is 5.58 Å². The molecule has 2 aromatic carbocycles. The molecule has 0 saturated carbocycles. The van der Waals surface area contributed by atoms with Crippen LogP contribution < -0.4 is 10.9 Å². The summed E-state index contributed by atoms with van der Waals surface area (Å²) in [5.41, 5.74) is 2.33. The second-order valence-corrected chi connectivity index (χ2v) is 6.89. The molecule has 0 atom stereocenters. The van der Waals surface area contributed by atoms with E-state index < -0.39 is 0 Å². The molecule has 0 spiro atoms. The second kappa shape index (κ2) is 6.29. The van der Waals surface area contributed by atoms with Crippen molar-refractivity contribution >= 4 is 54.4 Å². The standard InChI is InChI=1S/C17H12Br2N2O2/c1-9-2-4-12(5-3-9)21-17(22)13-7-10-6-11(18)8-14(19)15(10)23-16(13)20/h2-8,20H,1H3,(H,21,22). The Morgan fingerprint density at radius 3 is 2.52 bits per heavy atom. The summed E-state index contributed by atoms with van der Waals surface area (Å²) < 4.78 is 7.07. The van der Waals surface area contributed by atoms with Gasteiger partial charge in [-0.15, -0.1) is 0 Å². The minimum absolute atomic E-state index is 0.176. The minimum atomic E-state index is -0.374. The Morgan fingerprint density at radius 2 is 1.83 bits per heavy atom. The van der Waals surface area contributed by atoms with E-state index in [1.807, 2.05) is 43.3 Å². The van der Waals surface area contributed by atoms with E-state index in [-0.39, 0.29) is 17.0 Å². The van der Waals surface area contributed by atoms with E-state index in [1.165, 1.54) is 0 Å². The third kappa shape index (κ3) is 3.38. The molecule has 4 nitrogen and oxygen atoms in total. The van der Waals surface area contributed by atoms with E-state index >= 15 is 0 Å².